The van der Waals surface area contributed by atoms with Crippen molar-refractivity contribution in [2.75, 3.05) is 53.5 Å². The molecule has 2 unspecified atom stereocenters. The lowest BCUT2D eigenvalue weighted by molar-refractivity contribution is -0.00816. The van der Waals surface area contributed by atoms with E-state index in [4.69, 9.17) is 9.47 Å². The third-order valence-corrected chi connectivity index (χ3v) is 6.46. The standard InChI is InChI=1S/C24H36N6O2/c1-25-24(30-13-14-32-23(18-30)19-15-27-28(2)17-19)26-16-21(29-11-7-4-8-12-29)20-9-5-6-10-22(20)31-3/h5-6,9-10,15,17,21,23H,4,7-8,11-14,16,18H2,1-3H3,(H,25,26). The number of aryl methyl sites for hydroxylation is 1. The molecular formula is C24H36N6O2. The highest BCUT2D eigenvalue weighted by Crippen LogP contribution is 2.31. The zero-order valence-corrected chi connectivity index (χ0v) is 19.5. The van der Waals surface area contributed by atoms with Gasteiger partial charge in [0.15, 0.2) is 5.96 Å². The number of aromatic nitrogens is 2. The van der Waals surface area contributed by atoms with E-state index in [2.05, 4.69) is 43.4 Å². The molecule has 32 heavy (non-hydrogen) atoms. The first-order valence-electron chi connectivity index (χ1n) is 11.6. The van der Waals surface area contributed by atoms with Crippen molar-refractivity contribution < 1.29 is 9.47 Å². The third kappa shape index (κ3) is 5.24. The van der Waals surface area contributed by atoms with Crippen LogP contribution in [0, 0.1) is 0 Å². The van der Waals surface area contributed by atoms with Gasteiger partial charge in [-0.1, -0.05) is 24.6 Å². The maximum Gasteiger partial charge on any atom is 0.193 e. The Hall–Kier alpha value is -2.58. The molecule has 2 saturated heterocycles. The van der Waals surface area contributed by atoms with Crippen LogP contribution in [0.5, 0.6) is 5.75 Å². The van der Waals surface area contributed by atoms with Crippen LogP contribution in [0.15, 0.2) is 41.7 Å². The summed E-state index contributed by atoms with van der Waals surface area (Å²) in [6.07, 6.45) is 7.72. The Balaban J connectivity index is 1.47. The van der Waals surface area contributed by atoms with Gasteiger partial charge >= 0.3 is 0 Å². The molecule has 2 atom stereocenters. The molecule has 0 saturated carbocycles. The predicted octanol–water partition coefficient (Wildman–Crippen LogP) is 2.60. The smallest absolute Gasteiger partial charge is 0.193 e. The second-order valence-corrected chi connectivity index (χ2v) is 8.54. The van der Waals surface area contributed by atoms with Crippen LogP contribution in [0.25, 0.3) is 0 Å². The summed E-state index contributed by atoms with van der Waals surface area (Å²) in [5.74, 6) is 1.86. The number of benzene rings is 1. The Morgan fingerprint density at radius 3 is 2.78 bits per heavy atom. The van der Waals surface area contributed by atoms with Crippen LogP contribution in [-0.4, -0.2) is 79.0 Å². The molecule has 1 aromatic carbocycles. The Kier molecular flexibility index (Phi) is 7.65. The van der Waals surface area contributed by atoms with E-state index < -0.39 is 0 Å². The lowest BCUT2D eigenvalue weighted by Gasteiger charge is -2.38. The minimum absolute atomic E-state index is 0.00288. The molecule has 1 aromatic heterocycles. The highest BCUT2D eigenvalue weighted by Gasteiger charge is 2.28. The minimum atomic E-state index is 0.00288. The van der Waals surface area contributed by atoms with E-state index in [-0.39, 0.29) is 12.1 Å². The van der Waals surface area contributed by atoms with Gasteiger partial charge in [0.25, 0.3) is 0 Å². The first-order valence-corrected chi connectivity index (χ1v) is 11.6. The van der Waals surface area contributed by atoms with E-state index in [0.717, 1.165) is 50.0 Å². The molecule has 0 amide bonds. The van der Waals surface area contributed by atoms with E-state index in [9.17, 15) is 0 Å². The van der Waals surface area contributed by atoms with Crippen molar-refractivity contribution in [1.82, 2.24) is 24.9 Å². The molecule has 2 aliphatic heterocycles. The van der Waals surface area contributed by atoms with Crippen molar-refractivity contribution in [3.8, 4) is 5.75 Å². The van der Waals surface area contributed by atoms with Crippen molar-refractivity contribution in [3.05, 3.63) is 47.8 Å². The summed E-state index contributed by atoms with van der Waals surface area (Å²) >= 11 is 0. The molecule has 4 rings (SSSR count). The number of hydrogen-bond donors (Lipinski definition) is 1. The highest BCUT2D eigenvalue weighted by atomic mass is 16.5. The number of guanidine groups is 1. The summed E-state index contributed by atoms with van der Waals surface area (Å²) in [6, 6.07) is 8.62. The van der Waals surface area contributed by atoms with Gasteiger partial charge in [-0.3, -0.25) is 14.6 Å². The zero-order valence-electron chi connectivity index (χ0n) is 19.5. The second kappa shape index (κ2) is 10.8. The lowest BCUT2D eigenvalue weighted by atomic mass is 10.0. The lowest BCUT2D eigenvalue weighted by Crippen LogP contribution is -2.50. The number of rotatable bonds is 6. The highest BCUT2D eigenvalue weighted by molar-refractivity contribution is 5.80. The monoisotopic (exact) mass is 440 g/mol. The average Bonchev–Trinajstić information content (AvgIpc) is 3.29. The fraction of sp³-hybridized carbons (Fsp3) is 0.583. The number of nitrogens with zero attached hydrogens (tertiary/aromatic N) is 5. The number of morpholine rings is 1. The number of aliphatic imine (C=N–C) groups is 1. The Bertz CT molecular complexity index is 892. The van der Waals surface area contributed by atoms with E-state index in [1.165, 1.54) is 24.8 Å². The van der Waals surface area contributed by atoms with Crippen molar-refractivity contribution in [1.29, 1.82) is 0 Å². The number of piperidine rings is 1. The van der Waals surface area contributed by atoms with Crippen LogP contribution in [0.1, 0.15) is 42.5 Å². The first kappa shape index (κ1) is 22.6. The molecule has 0 spiro atoms. The quantitative estimate of drug-likeness (QED) is 0.550. The van der Waals surface area contributed by atoms with E-state index in [0.29, 0.717) is 6.61 Å². The summed E-state index contributed by atoms with van der Waals surface area (Å²) in [4.78, 5) is 9.47. The zero-order chi connectivity index (χ0) is 22.3. The molecule has 2 aromatic rings. The normalized spacial score (nSPS) is 21.4. The van der Waals surface area contributed by atoms with Gasteiger partial charge in [-0.05, 0) is 32.0 Å². The molecule has 174 valence electrons. The number of likely N-dealkylation sites (tertiary alicyclic amines) is 1. The van der Waals surface area contributed by atoms with Crippen LogP contribution in [-0.2, 0) is 11.8 Å². The number of nitrogens with one attached hydrogen (secondary N) is 1. The van der Waals surface area contributed by atoms with E-state index in [1.54, 1.807) is 7.11 Å². The molecule has 2 aliphatic rings. The van der Waals surface area contributed by atoms with Crippen LogP contribution in [0.3, 0.4) is 0 Å². The van der Waals surface area contributed by atoms with Crippen molar-refractivity contribution in [2.24, 2.45) is 12.0 Å². The van der Waals surface area contributed by atoms with Crippen LogP contribution in [0.2, 0.25) is 0 Å². The number of para-hydroxylation sites is 1. The Morgan fingerprint density at radius 2 is 2.06 bits per heavy atom. The molecule has 0 bridgehead atoms. The molecule has 1 N–H and O–H groups in total. The van der Waals surface area contributed by atoms with Gasteiger partial charge in [-0.15, -0.1) is 0 Å². The van der Waals surface area contributed by atoms with Gasteiger partial charge in [0.05, 0.1) is 32.5 Å². The SMILES string of the molecule is CN=C(NCC(c1ccccc1OC)N1CCCCC1)N1CCOC(c2cnn(C)c2)C1. The van der Waals surface area contributed by atoms with E-state index >= 15 is 0 Å². The summed E-state index contributed by atoms with van der Waals surface area (Å²) in [5, 5.41) is 7.96. The van der Waals surface area contributed by atoms with Gasteiger partial charge < -0.3 is 19.7 Å². The Labute approximate surface area is 191 Å². The molecule has 8 nitrogen and oxygen atoms in total. The van der Waals surface area contributed by atoms with Crippen molar-refractivity contribution in [2.45, 2.75) is 31.4 Å². The molecule has 8 heteroatoms. The maximum absolute atomic E-state index is 6.02. The van der Waals surface area contributed by atoms with Crippen molar-refractivity contribution >= 4 is 5.96 Å². The minimum Gasteiger partial charge on any atom is -0.496 e. The Morgan fingerprint density at radius 1 is 1.25 bits per heavy atom. The van der Waals surface area contributed by atoms with Gasteiger partial charge in [0.2, 0.25) is 0 Å². The van der Waals surface area contributed by atoms with Gasteiger partial charge in [-0.25, -0.2) is 0 Å². The second-order valence-electron chi connectivity index (χ2n) is 8.54. The maximum atomic E-state index is 6.02. The van der Waals surface area contributed by atoms with Crippen LogP contribution < -0.4 is 10.1 Å². The number of methoxy groups -OCH3 is 1. The fourth-order valence-electron chi connectivity index (χ4n) is 4.78. The summed E-state index contributed by atoms with van der Waals surface area (Å²) in [6.45, 7) is 5.26. The number of hydrogen-bond acceptors (Lipinski definition) is 5. The topological polar surface area (TPSA) is 67.2 Å². The van der Waals surface area contributed by atoms with Crippen LogP contribution in [0.4, 0.5) is 0 Å². The number of ether oxygens (including phenoxy) is 2. The van der Waals surface area contributed by atoms with Crippen LogP contribution >= 0.6 is 0 Å². The molecule has 0 aliphatic carbocycles. The van der Waals surface area contributed by atoms with Crippen molar-refractivity contribution in [3.63, 3.8) is 0 Å². The fourth-order valence-corrected chi connectivity index (χ4v) is 4.78. The molecule has 3 heterocycles. The largest absolute Gasteiger partial charge is 0.496 e. The molecule has 0 radical (unpaired) electrons. The summed E-state index contributed by atoms with van der Waals surface area (Å²) in [5.41, 5.74) is 2.34. The average molecular weight is 441 g/mol. The molecule has 2 fully saturated rings. The van der Waals surface area contributed by atoms with E-state index in [1.807, 2.05) is 37.2 Å². The van der Waals surface area contributed by atoms with Gasteiger partial charge in [0.1, 0.15) is 11.9 Å². The van der Waals surface area contributed by atoms with Gasteiger partial charge in [0, 0.05) is 44.5 Å². The van der Waals surface area contributed by atoms with Gasteiger partial charge in [-0.2, -0.15) is 5.10 Å². The predicted molar refractivity (Wildman–Crippen MR) is 126 cm³/mol. The molecular weight excluding hydrogens is 404 g/mol. The summed E-state index contributed by atoms with van der Waals surface area (Å²) in [7, 11) is 5.55. The summed E-state index contributed by atoms with van der Waals surface area (Å²) < 4.78 is 13.6. The third-order valence-electron chi connectivity index (χ3n) is 6.46. The first-order chi connectivity index (χ1) is 15.7.